The lowest BCUT2D eigenvalue weighted by atomic mass is 10.1. The van der Waals surface area contributed by atoms with Crippen molar-refractivity contribution < 1.29 is 4.79 Å². The number of amides is 1. The maximum absolute atomic E-state index is 12.8. The number of fused-ring (bicyclic) bond motifs is 1. The number of nitrogens with zero attached hydrogens (tertiary/aromatic N) is 3. The third-order valence-electron chi connectivity index (χ3n) is 5.57. The van der Waals surface area contributed by atoms with E-state index in [-0.39, 0.29) is 11.8 Å². The van der Waals surface area contributed by atoms with Crippen LogP contribution in [-0.2, 0) is 11.3 Å². The Morgan fingerprint density at radius 1 is 0.900 bits per heavy atom. The van der Waals surface area contributed by atoms with Crippen LogP contribution in [0.25, 0.3) is 11.0 Å². The van der Waals surface area contributed by atoms with Crippen LogP contribution < -0.4 is 4.90 Å². The lowest BCUT2D eigenvalue weighted by Crippen LogP contribution is -2.24. The second kappa shape index (κ2) is 8.00. The molecule has 6 heteroatoms. The van der Waals surface area contributed by atoms with E-state index in [0.29, 0.717) is 13.0 Å². The van der Waals surface area contributed by atoms with Gasteiger partial charge in [-0.3, -0.25) is 4.79 Å². The Hall–Kier alpha value is -2.44. The number of benzene rings is 3. The van der Waals surface area contributed by atoms with Gasteiger partial charge in [0.15, 0.2) is 0 Å². The maximum Gasteiger partial charge on any atom is 0.227 e. The van der Waals surface area contributed by atoms with Crippen LogP contribution >= 0.6 is 31.9 Å². The van der Waals surface area contributed by atoms with Gasteiger partial charge in [-0.15, -0.1) is 0 Å². The van der Waals surface area contributed by atoms with Gasteiger partial charge in [0, 0.05) is 40.1 Å². The molecule has 4 aromatic rings. The van der Waals surface area contributed by atoms with E-state index in [9.17, 15) is 4.79 Å². The summed E-state index contributed by atoms with van der Waals surface area (Å²) in [5.41, 5.74) is 4.21. The lowest BCUT2D eigenvalue weighted by molar-refractivity contribution is -0.117. The van der Waals surface area contributed by atoms with Crippen molar-refractivity contribution in [3.8, 4) is 0 Å². The Kier molecular flexibility index (Phi) is 5.21. The number of hydrogen-bond donors (Lipinski definition) is 0. The molecule has 0 spiro atoms. The molecular weight excluding hydrogens is 506 g/mol. The average molecular weight is 525 g/mol. The van der Waals surface area contributed by atoms with Gasteiger partial charge in [0.1, 0.15) is 5.82 Å². The summed E-state index contributed by atoms with van der Waals surface area (Å²) in [5.74, 6) is 1.18. The molecule has 1 aliphatic rings. The number of aromatic nitrogens is 2. The van der Waals surface area contributed by atoms with Crippen molar-refractivity contribution >= 4 is 54.5 Å². The van der Waals surface area contributed by atoms with Crippen molar-refractivity contribution in [2.45, 2.75) is 18.9 Å². The smallest absolute Gasteiger partial charge is 0.227 e. The Morgan fingerprint density at radius 2 is 1.57 bits per heavy atom. The summed E-state index contributed by atoms with van der Waals surface area (Å²) in [4.78, 5) is 19.7. The summed E-state index contributed by atoms with van der Waals surface area (Å²) in [6.07, 6.45) is 0.472. The molecule has 0 aliphatic carbocycles. The van der Waals surface area contributed by atoms with Gasteiger partial charge in [-0.25, -0.2) is 4.98 Å². The number of carbonyl (C=O) groups excluding carboxylic acids is 1. The summed E-state index contributed by atoms with van der Waals surface area (Å²) >= 11 is 6.97. The number of carbonyl (C=O) groups is 1. The van der Waals surface area contributed by atoms with Crippen LogP contribution in [0.1, 0.15) is 23.7 Å². The van der Waals surface area contributed by atoms with E-state index in [0.717, 1.165) is 38.0 Å². The third kappa shape index (κ3) is 3.70. The van der Waals surface area contributed by atoms with Gasteiger partial charge in [-0.2, -0.15) is 0 Å². The highest BCUT2D eigenvalue weighted by molar-refractivity contribution is 9.10. The van der Waals surface area contributed by atoms with Crippen molar-refractivity contribution in [3.63, 3.8) is 0 Å². The van der Waals surface area contributed by atoms with Gasteiger partial charge < -0.3 is 9.47 Å². The number of halogens is 2. The van der Waals surface area contributed by atoms with Crippen LogP contribution in [-0.4, -0.2) is 22.0 Å². The maximum atomic E-state index is 12.8. The zero-order chi connectivity index (χ0) is 20.7. The van der Waals surface area contributed by atoms with Gasteiger partial charge in [0.25, 0.3) is 0 Å². The number of imidazole rings is 1. The molecule has 1 atom stereocenters. The molecule has 4 nitrogen and oxygen atoms in total. The fourth-order valence-electron chi connectivity index (χ4n) is 4.10. The zero-order valence-electron chi connectivity index (χ0n) is 16.1. The zero-order valence-corrected chi connectivity index (χ0v) is 19.3. The highest BCUT2D eigenvalue weighted by Crippen LogP contribution is 2.34. The predicted molar refractivity (Wildman–Crippen MR) is 127 cm³/mol. The summed E-state index contributed by atoms with van der Waals surface area (Å²) in [6, 6.07) is 24.5. The van der Waals surface area contributed by atoms with Crippen molar-refractivity contribution in [3.05, 3.63) is 93.1 Å². The molecule has 1 unspecified atom stereocenters. The fraction of sp³-hybridized carbons (Fsp3) is 0.167. The van der Waals surface area contributed by atoms with Crippen LogP contribution in [0.5, 0.6) is 0 Å². The first-order chi connectivity index (χ1) is 14.6. The molecular formula is C24H19Br2N3O. The second-order valence-corrected chi connectivity index (χ2v) is 9.38. The van der Waals surface area contributed by atoms with E-state index in [2.05, 4.69) is 66.8 Å². The summed E-state index contributed by atoms with van der Waals surface area (Å²) in [6.45, 7) is 1.37. The fourth-order valence-corrected chi connectivity index (χ4v) is 4.62. The van der Waals surface area contributed by atoms with Crippen molar-refractivity contribution in [2.24, 2.45) is 0 Å². The number of rotatable bonds is 4. The van der Waals surface area contributed by atoms with E-state index >= 15 is 0 Å². The van der Waals surface area contributed by atoms with E-state index in [1.54, 1.807) is 0 Å². The van der Waals surface area contributed by atoms with E-state index in [1.807, 2.05) is 47.4 Å². The Morgan fingerprint density at radius 3 is 2.30 bits per heavy atom. The predicted octanol–water partition coefficient (Wildman–Crippen LogP) is 6.13. The minimum atomic E-state index is 0.0593. The minimum absolute atomic E-state index is 0.0593. The highest BCUT2D eigenvalue weighted by atomic mass is 79.9. The first-order valence-electron chi connectivity index (χ1n) is 9.84. The van der Waals surface area contributed by atoms with Crippen LogP contribution in [0.4, 0.5) is 5.69 Å². The highest BCUT2D eigenvalue weighted by Gasteiger charge is 2.34. The molecule has 0 saturated carbocycles. The number of hydrogen-bond acceptors (Lipinski definition) is 2. The van der Waals surface area contributed by atoms with E-state index in [1.165, 1.54) is 5.56 Å². The van der Waals surface area contributed by atoms with Crippen molar-refractivity contribution in [2.75, 3.05) is 11.4 Å². The summed E-state index contributed by atoms with van der Waals surface area (Å²) < 4.78 is 4.33. The van der Waals surface area contributed by atoms with Gasteiger partial charge in [-0.1, -0.05) is 56.1 Å². The Labute approximate surface area is 191 Å². The Bertz CT molecular complexity index is 1220. The standard InChI is InChI=1S/C24H19Br2N3O/c25-18-7-5-16(6-8-18)14-29-22-4-2-1-3-21(22)27-24(29)17-13-23(30)28(15-17)20-11-9-19(26)10-12-20/h1-12,17H,13-15H2. The normalized spacial score (nSPS) is 16.5. The minimum Gasteiger partial charge on any atom is -0.323 e. The molecule has 5 rings (SSSR count). The molecule has 1 aliphatic heterocycles. The van der Waals surface area contributed by atoms with Crippen LogP contribution in [0, 0.1) is 0 Å². The molecule has 1 saturated heterocycles. The molecule has 150 valence electrons. The quantitative estimate of drug-likeness (QED) is 0.322. The SMILES string of the molecule is O=C1CC(c2nc3ccccc3n2Cc2ccc(Br)cc2)CN1c1ccc(Br)cc1. The van der Waals surface area contributed by atoms with Crippen LogP contribution in [0.15, 0.2) is 81.7 Å². The average Bonchev–Trinajstić information content (AvgIpc) is 3.31. The Balaban J connectivity index is 1.51. The number of para-hydroxylation sites is 2. The molecule has 0 bridgehead atoms. The topological polar surface area (TPSA) is 38.1 Å². The molecule has 30 heavy (non-hydrogen) atoms. The van der Waals surface area contributed by atoms with Crippen LogP contribution in [0.3, 0.4) is 0 Å². The summed E-state index contributed by atoms with van der Waals surface area (Å²) in [5, 5.41) is 0. The summed E-state index contributed by atoms with van der Waals surface area (Å²) in [7, 11) is 0. The van der Waals surface area contributed by atoms with Gasteiger partial charge in [0.2, 0.25) is 5.91 Å². The first kappa shape index (κ1) is 19.5. The molecule has 2 heterocycles. The first-order valence-corrected chi connectivity index (χ1v) is 11.4. The largest absolute Gasteiger partial charge is 0.323 e. The van der Waals surface area contributed by atoms with E-state index in [4.69, 9.17) is 4.98 Å². The monoisotopic (exact) mass is 523 g/mol. The second-order valence-electron chi connectivity index (χ2n) is 7.55. The molecule has 1 fully saturated rings. The van der Waals surface area contributed by atoms with Gasteiger partial charge >= 0.3 is 0 Å². The third-order valence-corrected chi connectivity index (χ3v) is 6.62. The molecule has 1 aromatic heterocycles. The lowest BCUT2D eigenvalue weighted by Gasteiger charge is -2.17. The number of anilines is 1. The molecule has 0 N–H and O–H groups in total. The van der Waals surface area contributed by atoms with E-state index < -0.39 is 0 Å². The van der Waals surface area contributed by atoms with Crippen LogP contribution in [0.2, 0.25) is 0 Å². The van der Waals surface area contributed by atoms with Gasteiger partial charge in [0.05, 0.1) is 11.0 Å². The van der Waals surface area contributed by atoms with Crippen molar-refractivity contribution in [1.82, 2.24) is 9.55 Å². The van der Waals surface area contributed by atoms with Crippen molar-refractivity contribution in [1.29, 1.82) is 0 Å². The molecule has 1 amide bonds. The van der Waals surface area contributed by atoms with Gasteiger partial charge in [-0.05, 0) is 54.1 Å². The molecule has 3 aromatic carbocycles. The molecule has 0 radical (unpaired) electrons.